The van der Waals surface area contributed by atoms with Gasteiger partial charge < -0.3 is 25.1 Å². The summed E-state index contributed by atoms with van der Waals surface area (Å²) >= 11 is 0. The number of nitrogens with one attached hydrogen (secondary N) is 1. The fourth-order valence-electron chi connectivity index (χ4n) is 3.55. The Labute approximate surface area is 191 Å². The van der Waals surface area contributed by atoms with Gasteiger partial charge in [-0.25, -0.2) is 0 Å². The van der Waals surface area contributed by atoms with E-state index in [4.69, 9.17) is 14.9 Å². The third-order valence-electron chi connectivity index (χ3n) is 5.15. The molecule has 4 heterocycles. The number of piperazine rings is 1. The zero-order valence-corrected chi connectivity index (χ0v) is 18.3. The smallest absolute Gasteiger partial charge is 0.401 e. The van der Waals surface area contributed by atoms with Crippen LogP contribution in [-0.4, -0.2) is 98.4 Å². The van der Waals surface area contributed by atoms with E-state index in [9.17, 15) is 18.0 Å². The number of ether oxygens (including phenoxy) is 1. The predicted molar refractivity (Wildman–Crippen MR) is 114 cm³/mol. The van der Waals surface area contributed by atoms with Gasteiger partial charge in [0, 0.05) is 32.8 Å². The molecule has 184 valence electrons. The molecule has 4 rings (SSSR count). The molecule has 0 aromatic carbocycles. The van der Waals surface area contributed by atoms with Gasteiger partial charge in [-0.2, -0.15) is 32.6 Å². The molecule has 3 aromatic heterocycles. The van der Waals surface area contributed by atoms with Crippen LogP contribution in [0.1, 0.15) is 6.92 Å². The minimum Gasteiger partial charge on any atom is -0.461 e. The molecule has 0 aliphatic carbocycles. The Morgan fingerprint density at radius 3 is 2.68 bits per heavy atom. The van der Waals surface area contributed by atoms with Crippen molar-refractivity contribution in [1.82, 2.24) is 34.4 Å². The van der Waals surface area contributed by atoms with Crippen molar-refractivity contribution in [3.05, 3.63) is 18.4 Å². The van der Waals surface area contributed by atoms with E-state index < -0.39 is 18.8 Å². The summed E-state index contributed by atoms with van der Waals surface area (Å²) < 4.78 is 49.9. The zero-order chi connectivity index (χ0) is 24.3. The average Bonchev–Trinajstić information content (AvgIpc) is 3.46. The van der Waals surface area contributed by atoms with Gasteiger partial charge in [0.2, 0.25) is 23.6 Å². The number of nitrogen functional groups attached to an aromatic ring is 1. The topological polar surface area (TPSA) is 140 Å². The van der Waals surface area contributed by atoms with Crippen molar-refractivity contribution in [2.75, 3.05) is 57.0 Å². The molecule has 15 heteroatoms. The lowest BCUT2D eigenvalue weighted by Gasteiger charge is -2.36. The van der Waals surface area contributed by atoms with Crippen LogP contribution in [0.2, 0.25) is 0 Å². The van der Waals surface area contributed by atoms with Gasteiger partial charge in [0.1, 0.15) is 6.04 Å². The molecule has 1 atom stereocenters. The third kappa shape index (κ3) is 5.53. The first kappa shape index (κ1) is 23.7. The number of carbonyl (C=O) groups is 1. The number of anilines is 2. The van der Waals surface area contributed by atoms with Gasteiger partial charge in [0.15, 0.2) is 5.76 Å². The van der Waals surface area contributed by atoms with Crippen LogP contribution < -0.4 is 11.1 Å². The van der Waals surface area contributed by atoms with E-state index in [1.807, 2.05) is 0 Å². The van der Waals surface area contributed by atoms with E-state index >= 15 is 0 Å². The van der Waals surface area contributed by atoms with E-state index in [0.717, 1.165) is 0 Å². The van der Waals surface area contributed by atoms with Crippen molar-refractivity contribution in [2.24, 2.45) is 0 Å². The van der Waals surface area contributed by atoms with Crippen molar-refractivity contribution in [1.29, 1.82) is 0 Å². The maximum Gasteiger partial charge on any atom is 0.401 e. The van der Waals surface area contributed by atoms with Crippen LogP contribution in [0.3, 0.4) is 0 Å². The van der Waals surface area contributed by atoms with Gasteiger partial charge in [0.25, 0.3) is 5.78 Å². The molecule has 0 bridgehead atoms. The molecule has 0 spiro atoms. The Morgan fingerprint density at radius 2 is 2.03 bits per heavy atom. The molecular formula is C19H24F3N9O3. The number of hydrogen-bond donors (Lipinski definition) is 2. The van der Waals surface area contributed by atoms with E-state index in [1.54, 1.807) is 19.1 Å². The summed E-state index contributed by atoms with van der Waals surface area (Å²) in [6.45, 7) is 1.73. The SMILES string of the molecule is CCOC[C@H](Nc1nc(N)n2nc(-c3ccco3)nc2n1)C(=O)N1CCN(CC(F)(F)F)CC1. The Hall–Kier alpha value is -3.46. The number of aromatic nitrogens is 5. The largest absolute Gasteiger partial charge is 0.461 e. The van der Waals surface area contributed by atoms with E-state index in [2.05, 4.69) is 25.4 Å². The lowest BCUT2D eigenvalue weighted by atomic mass is 10.2. The van der Waals surface area contributed by atoms with Crippen molar-refractivity contribution >= 4 is 23.6 Å². The van der Waals surface area contributed by atoms with Gasteiger partial charge in [-0.05, 0) is 19.1 Å². The molecule has 3 aromatic rings. The second kappa shape index (κ2) is 9.80. The normalized spacial score (nSPS) is 16.2. The number of furan rings is 1. The van der Waals surface area contributed by atoms with E-state index in [0.29, 0.717) is 12.4 Å². The highest BCUT2D eigenvalue weighted by molar-refractivity contribution is 5.84. The van der Waals surface area contributed by atoms with Crippen molar-refractivity contribution in [3.8, 4) is 11.6 Å². The highest BCUT2D eigenvalue weighted by atomic mass is 19.4. The number of hydrogen-bond acceptors (Lipinski definition) is 10. The Bertz CT molecular complexity index is 1110. The zero-order valence-electron chi connectivity index (χ0n) is 18.3. The number of carbonyl (C=O) groups excluding carboxylic acids is 1. The van der Waals surface area contributed by atoms with Crippen LogP contribution in [0.5, 0.6) is 0 Å². The van der Waals surface area contributed by atoms with Gasteiger partial charge in [0.05, 0.1) is 19.4 Å². The van der Waals surface area contributed by atoms with Crippen LogP contribution >= 0.6 is 0 Å². The van der Waals surface area contributed by atoms with Gasteiger partial charge in [-0.3, -0.25) is 9.69 Å². The molecule has 0 saturated carbocycles. The van der Waals surface area contributed by atoms with Crippen molar-refractivity contribution in [3.63, 3.8) is 0 Å². The van der Waals surface area contributed by atoms with Crippen molar-refractivity contribution < 1.29 is 27.1 Å². The Balaban J connectivity index is 1.48. The molecule has 3 N–H and O–H groups in total. The summed E-state index contributed by atoms with van der Waals surface area (Å²) in [7, 11) is 0. The van der Waals surface area contributed by atoms with Gasteiger partial charge >= 0.3 is 6.18 Å². The molecule has 0 radical (unpaired) electrons. The molecule has 34 heavy (non-hydrogen) atoms. The molecule has 12 nitrogen and oxygen atoms in total. The number of amides is 1. The monoisotopic (exact) mass is 483 g/mol. The molecule has 1 amide bonds. The first-order chi connectivity index (χ1) is 16.2. The summed E-state index contributed by atoms with van der Waals surface area (Å²) in [6, 6.07) is 2.50. The number of nitrogens with two attached hydrogens (primary N) is 1. The molecule has 1 saturated heterocycles. The second-order valence-corrected chi connectivity index (χ2v) is 7.60. The van der Waals surface area contributed by atoms with Gasteiger partial charge in [-0.1, -0.05) is 0 Å². The summed E-state index contributed by atoms with van der Waals surface area (Å²) in [4.78, 5) is 28.6. The molecular weight excluding hydrogens is 459 g/mol. The molecule has 0 unspecified atom stereocenters. The minimum atomic E-state index is -4.28. The number of fused-ring (bicyclic) bond motifs is 1. The second-order valence-electron chi connectivity index (χ2n) is 7.60. The summed E-state index contributed by atoms with van der Waals surface area (Å²) in [5.74, 6) is 0.526. The maximum absolute atomic E-state index is 13.1. The standard InChI is InChI=1S/C19H24F3N9O3/c1-2-33-10-12(15(32)30-7-5-29(6-8-30)11-19(20,21)22)24-17-26-16(23)31-18(27-17)25-14(28-31)13-4-3-9-34-13/h3-4,9,12H,2,5-8,10-11H2,1H3,(H3,23,24,25,26,27,28)/t12-/m0/s1. The number of halogens is 3. The Kier molecular flexibility index (Phi) is 6.83. The summed E-state index contributed by atoms with van der Waals surface area (Å²) in [5, 5.41) is 7.14. The lowest BCUT2D eigenvalue weighted by molar-refractivity contribution is -0.152. The van der Waals surface area contributed by atoms with Gasteiger partial charge in [-0.15, -0.1) is 5.10 Å². The van der Waals surface area contributed by atoms with Crippen LogP contribution in [0.4, 0.5) is 25.1 Å². The quantitative estimate of drug-likeness (QED) is 0.475. The van der Waals surface area contributed by atoms with E-state index in [1.165, 1.54) is 20.6 Å². The average molecular weight is 483 g/mol. The first-order valence-corrected chi connectivity index (χ1v) is 10.6. The van der Waals surface area contributed by atoms with Crippen LogP contribution in [0.25, 0.3) is 17.4 Å². The van der Waals surface area contributed by atoms with Crippen LogP contribution in [0.15, 0.2) is 22.8 Å². The predicted octanol–water partition coefficient (Wildman–Crippen LogP) is 0.885. The van der Waals surface area contributed by atoms with Crippen LogP contribution in [0, 0.1) is 0 Å². The number of alkyl halides is 3. The highest BCUT2D eigenvalue weighted by Crippen LogP contribution is 2.19. The Morgan fingerprint density at radius 1 is 1.26 bits per heavy atom. The lowest BCUT2D eigenvalue weighted by Crippen LogP contribution is -2.55. The number of rotatable bonds is 8. The third-order valence-corrected chi connectivity index (χ3v) is 5.15. The highest BCUT2D eigenvalue weighted by Gasteiger charge is 2.34. The number of nitrogens with zero attached hydrogens (tertiary/aromatic N) is 7. The fourth-order valence-corrected chi connectivity index (χ4v) is 3.55. The first-order valence-electron chi connectivity index (χ1n) is 10.6. The van der Waals surface area contributed by atoms with Crippen LogP contribution in [-0.2, 0) is 9.53 Å². The summed E-state index contributed by atoms with van der Waals surface area (Å²) in [6.07, 6.45) is -2.80. The maximum atomic E-state index is 13.1. The van der Waals surface area contributed by atoms with E-state index in [-0.39, 0.29) is 62.2 Å². The minimum absolute atomic E-state index is 0.0108. The molecule has 1 fully saturated rings. The molecule has 1 aliphatic rings. The fraction of sp³-hybridized carbons (Fsp3) is 0.526. The summed E-state index contributed by atoms with van der Waals surface area (Å²) in [5.41, 5.74) is 6.00. The molecule has 1 aliphatic heterocycles. The van der Waals surface area contributed by atoms with Crippen molar-refractivity contribution in [2.45, 2.75) is 19.1 Å².